The molecule has 13 heteroatoms. The topological polar surface area (TPSA) is 129 Å². The van der Waals surface area contributed by atoms with Crippen molar-refractivity contribution in [1.82, 2.24) is 20.5 Å². The molecule has 4 N–H and O–H groups in total. The molecule has 0 unspecified atom stereocenters. The number of anilines is 2. The van der Waals surface area contributed by atoms with Crippen molar-refractivity contribution >= 4 is 50.7 Å². The number of sulfonamides is 1. The van der Waals surface area contributed by atoms with Gasteiger partial charge < -0.3 is 10.6 Å². The number of carbonyl (C=O) groups is 1. The number of nitrogens with zero attached hydrogens (tertiary/aromatic N) is 2. The minimum Gasteiger partial charge on any atom is -0.320 e. The average Bonchev–Trinajstić information content (AvgIpc) is 3.19. The molecule has 4 rings (SSSR count). The van der Waals surface area contributed by atoms with Crippen LogP contribution in [0.5, 0.6) is 0 Å². The molecule has 1 amide bonds. The summed E-state index contributed by atoms with van der Waals surface area (Å²) in [4.78, 5) is 17.0. The van der Waals surface area contributed by atoms with Gasteiger partial charge >= 0.3 is 0 Å². The maximum Gasteiger partial charge on any atom is 0.261 e. The van der Waals surface area contributed by atoms with Crippen molar-refractivity contribution in [2.45, 2.75) is 32.1 Å². The highest BCUT2D eigenvalue weighted by molar-refractivity contribution is 7.92. The summed E-state index contributed by atoms with van der Waals surface area (Å²) in [6.07, 6.45) is 3.50. The Morgan fingerprint density at radius 2 is 1.97 bits per heavy atom. The van der Waals surface area contributed by atoms with Crippen molar-refractivity contribution in [2.75, 3.05) is 28.9 Å². The quantitative estimate of drug-likeness (QED) is 0.382. The molecule has 0 aliphatic carbocycles. The molecular weight excluding hydrogens is 490 g/mol. The summed E-state index contributed by atoms with van der Waals surface area (Å²) in [7, 11) is -3.82. The van der Waals surface area contributed by atoms with E-state index in [0.717, 1.165) is 49.1 Å². The van der Waals surface area contributed by atoms with Gasteiger partial charge in [0.05, 0.1) is 23.3 Å². The Morgan fingerprint density at radius 1 is 1.24 bits per heavy atom. The number of pyridine rings is 1. The minimum atomic E-state index is -3.82. The van der Waals surface area contributed by atoms with Gasteiger partial charge in [0.1, 0.15) is 11.4 Å². The largest absolute Gasteiger partial charge is 0.320 e. The van der Waals surface area contributed by atoms with Crippen molar-refractivity contribution < 1.29 is 22.0 Å². The van der Waals surface area contributed by atoms with Crippen molar-refractivity contribution in [3.05, 3.63) is 47.3 Å². The second kappa shape index (κ2) is 10.6. The van der Waals surface area contributed by atoms with Crippen LogP contribution in [-0.2, 0) is 10.0 Å². The van der Waals surface area contributed by atoms with E-state index in [1.54, 1.807) is 13.0 Å². The molecule has 1 aromatic carbocycles. The lowest BCUT2D eigenvalue weighted by Gasteiger charge is -2.21. The molecule has 1 fully saturated rings. The molecule has 0 atom stereocenters. The van der Waals surface area contributed by atoms with Crippen LogP contribution in [0.1, 0.15) is 48.2 Å². The van der Waals surface area contributed by atoms with Gasteiger partial charge in [0, 0.05) is 17.0 Å². The summed E-state index contributed by atoms with van der Waals surface area (Å²) in [6.45, 7) is 3.42. The molecule has 3 heterocycles. The Balaban J connectivity index is 0.00000324. The van der Waals surface area contributed by atoms with E-state index < -0.39 is 38.8 Å². The maximum absolute atomic E-state index is 14.9. The van der Waals surface area contributed by atoms with Crippen LogP contribution in [0.4, 0.5) is 20.2 Å². The van der Waals surface area contributed by atoms with E-state index in [2.05, 4.69) is 30.5 Å². The van der Waals surface area contributed by atoms with Crippen LogP contribution in [0.2, 0.25) is 0 Å². The fraction of sp³-hybridized carbons (Fsp3) is 0.381. The van der Waals surface area contributed by atoms with Gasteiger partial charge in [-0.15, -0.1) is 12.4 Å². The molecule has 1 aliphatic heterocycles. The summed E-state index contributed by atoms with van der Waals surface area (Å²) < 4.78 is 55.3. The smallest absolute Gasteiger partial charge is 0.261 e. The van der Waals surface area contributed by atoms with E-state index in [4.69, 9.17) is 0 Å². The van der Waals surface area contributed by atoms with E-state index >= 15 is 0 Å². The lowest BCUT2D eigenvalue weighted by Crippen LogP contribution is -2.26. The third-order valence-electron chi connectivity index (χ3n) is 5.50. The Hall–Kier alpha value is -2.83. The molecule has 0 spiro atoms. The van der Waals surface area contributed by atoms with E-state index in [1.165, 1.54) is 6.20 Å². The first-order valence-electron chi connectivity index (χ1n) is 10.6. The molecule has 0 saturated carbocycles. The number of aromatic nitrogens is 3. The van der Waals surface area contributed by atoms with Gasteiger partial charge in [0.2, 0.25) is 10.0 Å². The normalized spacial score (nSPS) is 14.6. The first-order valence-corrected chi connectivity index (χ1v) is 12.3. The number of H-pyrrole nitrogens is 1. The number of rotatable bonds is 7. The Morgan fingerprint density at radius 3 is 2.68 bits per heavy atom. The third kappa shape index (κ3) is 5.45. The summed E-state index contributed by atoms with van der Waals surface area (Å²) in [5, 5.41) is 13.7. The number of aromatic amines is 1. The highest BCUT2D eigenvalue weighted by atomic mass is 35.5. The van der Waals surface area contributed by atoms with E-state index in [0.29, 0.717) is 12.1 Å². The Kier molecular flexibility index (Phi) is 8.05. The van der Waals surface area contributed by atoms with Crippen LogP contribution in [0, 0.1) is 11.6 Å². The summed E-state index contributed by atoms with van der Waals surface area (Å²) in [5.41, 5.74) is 0.232. The molecule has 3 aromatic rings. The van der Waals surface area contributed by atoms with Gasteiger partial charge in [-0.05, 0) is 50.6 Å². The van der Waals surface area contributed by atoms with Crippen molar-refractivity contribution in [2.24, 2.45) is 0 Å². The molecular formula is C21H25ClF2N6O3S. The van der Waals surface area contributed by atoms with Gasteiger partial charge in [-0.3, -0.25) is 14.6 Å². The number of piperidine rings is 1. The number of hydrogen-bond acceptors (Lipinski definition) is 6. The van der Waals surface area contributed by atoms with Crippen LogP contribution < -0.4 is 15.4 Å². The molecule has 34 heavy (non-hydrogen) atoms. The zero-order valence-corrected chi connectivity index (χ0v) is 20.0. The van der Waals surface area contributed by atoms with Crippen molar-refractivity contribution in [3.8, 4) is 0 Å². The van der Waals surface area contributed by atoms with Crippen LogP contribution in [0.3, 0.4) is 0 Å². The zero-order chi connectivity index (χ0) is 23.6. The number of hydrogen-bond donors (Lipinski definition) is 4. The van der Waals surface area contributed by atoms with Gasteiger partial charge in [-0.25, -0.2) is 22.2 Å². The highest BCUT2D eigenvalue weighted by Crippen LogP contribution is 2.30. The van der Waals surface area contributed by atoms with E-state index in [-0.39, 0.29) is 29.8 Å². The molecule has 0 radical (unpaired) electrons. The SMILES string of the molecule is CCCS(=O)(=O)Nc1ccc(F)c(C(=O)Nc2cnc3n[nH]c(C4CCNCC4)c3c2)c1F.Cl. The predicted molar refractivity (Wildman–Crippen MR) is 128 cm³/mol. The number of halogens is 3. The fourth-order valence-corrected chi connectivity index (χ4v) is 5.06. The summed E-state index contributed by atoms with van der Waals surface area (Å²) in [6, 6.07) is 3.44. The molecule has 0 bridgehead atoms. The van der Waals surface area contributed by atoms with Crippen LogP contribution in [0.15, 0.2) is 24.4 Å². The number of fused-ring (bicyclic) bond motifs is 1. The minimum absolute atomic E-state index is 0. The standard InChI is InChI=1S/C21H24F2N6O3S.ClH/c1-2-9-33(31,32)29-16-4-3-15(22)17(18(16)23)21(30)26-13-10-14-19(12-5-7-24-8-6-12)27-28-20(14)25-11-13;/h3-4,10-12,24,29H,2,5-9H2,1H3,(H,26,30)(H,25,27,28);1H. The summed E-state index contributed by atoms with van der Waals surface area (Å²) >= 11 is 0. The fourth-order valence-electron chi connectivity index (χ4n) is 3.93. The number of amides is 1. The number of benzene rings is 1. The van der Waals surface area contributed by atoms with Gasteiger partial charge in [0.25, 0.3) is 5.91 Å². The number of nitrogens with one attached hydrogen (secondary N) is 4. The first kappa shape index (κ1) is 25.8. The first-order chi connectivity index (χ1) is 15.8. The molecule has 184 valence electrons. The second-order valence-corrected chi connectivity index (χ2v) is 9.76. The van der Waals surface area contributed by atoms with Crippen molar-refractivity contribution in [3.63, 3.8) is 0 Å². The second-order valence-electron chi connectivity index (χ2n) is 7.92. The third-order valence-corrected chi connectivity index (χ3v) is 6.98. The zero-order valence-electron chi connectivity index (χ0n) is 18.3. The molecule has 1 aliphatic rings. The average molecular weight is 515 g/mol. The van der Waals surface area contributed by atoms with Gasteiger partial charge in [-0.2, -0.15) is 5.10 Å². The molecule has 1 saturated heterocycles. The maximum atomic E-state index is 14.9. The Bertz CT molecular complexity index is 1300. The highest BCUT2D eigenvalue weighted by Gasteiger charge is 2.24. The number of carbonyl (C=O) groups excluding carboxylic acids is 1. The lowest BCUT2D eigenvalue weighted by molar-refractivity contribution is 0.101. The van der Waals surface area contributed by atoms with Crippen molar-refractivity contribution in [1.29, 1.82) is 0 Å². The van der Waals surface area contributed by atoms with Crippen LogP contribution in [-0.4, -0.2) is 48.3 Å². The summed E-state index contributed by atoms with van der Waals surface area (Å²) in [5.74, 6) is -3.45. The van der Waals surface area contributed by atoms with E-state index in [9.17, 15) is 22.0 Å². The predicted octanol–water partition coefficient (Wildman–Crippen LogP) is 3.53. The molecule has 9 nitrogen and oxygen atoms in total. The van der Waals surface area contributed by atoms with Gasteiger partial charge in [-0.1, -0.05) is 6.92 Å². The monoisotopic (exact) mass is 514 g/mol. The van der Waals surface area contributed by atoms with E-state index in [1.807, 2.05) is 0 Å². The molecule has 2 aromatic heterocycles. The van der Waals surface area contributed by atoms with Crippen LogP contribution in [0.25, 0.3) is 11.0 Å². The lowest BCUT2D eigenvalue weighted by atomic mass is 9.93. The Labute approximate surface area is 201 Å². The van der Waals surface area contributed by atoms with Gasteiger partial charge in [0.15, 0.2) is 11.5 Å². The van der Waals surface area contributed by atoms with Crippen LogP contribution >= 0.6 is 12.4 Å².